The first-order valence-corrected chi connectivity index (χ1v) is 9.90. The Balaban J connectivity index is 1.36. The number of carbonyl (C=O) groups is 1. The number of nitrogens with zero attached hydrogens (tertiary/aromatic N) is 4. The fourth-order valence-corrected chi connectivity index (χ4v) is 4.27. The zero-order valence-electron chi connectivity index (χ0n) is 14.7. The summed E-state index contributed by atoms with van der Waals surface area (Å²) in [6, 6.07) is 10.5. The van der Waals surface area contributed by atoms with Crippen LogP contribution in [0, 0.1) is 0 Å². The Bertz CT molecular complexity index is 989. The van der Waals surface area contributed by atoms with Crippen LogP contribution in [0.2, 0.25) is 0 Å². The number of aromatic nitrogens is 3. The van der Waals surface area contributed by atoms with Gasteiger partial charge in [-0.1, -0.05) is 4.49 Å². The first-order chi connectivity index (χ1) is 13.3. The van der Waals surface area contributed by atoms with E-state index in [0.29, 0.717) is 18.2 Å². The summed E-state index contributed by atoms with van der Waals surface area (Å²) < 4.78 is 9.38. The van der Waals surface area contributed by atoms with E-state index in [1.54, 1.807) is 5.38 Å². The molecule has 5 rings (SSSR count). The van der Waals surface area contributed by atoms with Crippen molar-refractivity contribution in [3.8, 4) is 17.0 Å². The molecule has 27 heavy (non-hydrogen) atoms. The molecule has 2 aliphatic heterocycles. The Morgan fingerprint density at radius 3 is 3.11 bits per heavy atom. The SMILES string of the molecule is O=C(c1csnn1)N1CC[C@H](c2ccnc(-c3ccc4c(c3)CCO4)c2)C1. The van der Waals surface area contributed by atoms with Gasteiger partial charge >= 0.3 is 0 Å². The predicted octanol–water partition coefficient (Wildman–Crippen LogP) is 3.16. The quantitative estimate of drug-likeness (QED) is 0.700. The largest absolute Gasteiger partial charge is 0.493 e. The smallest absolute Gasteiger partial charge is 0.275 e. The minimum Gasteiger partial charge on any atom is -0.493 e. The maximum atomic E-state index is 12.5. The molecule has 0 saturated carbocycles. The molecule has 0 aliphatic carbocycles. The van der Waals surface area contributed by atoms with Gasteiger partial charge in [0.15, 0.2) is 5.69 Å². The van der Waals surface area contributed by atoms with Crippen molar-refractivity contribution in [2.24, 2.45) is 0 Å². The molecule has 0 radical (unpaired) electrons. The van der Waals surface area contributed by atoms with Gasteiger partial charge in [0.05, 0.1) is 12.3 Å². The summed E-state index contributed by atoms with van der Waals surface area (Å²) in [7, 11) is 0. The summed E-state index contributed by atoms with van der Waals surface area (Å²) >= 11 is 1.21. The highest BCUT2D eigenvalue weighted by Gasteiger charge is 2.29. The van der Waals surface area contributed by atoms with E-state index in [0.717, 1.165) is 43.0 Å². The van der Waals surface area contributed by atoms with Crippen LogP contribution in [0.15, 0.2) is 41.9 Å². The lowest BCUT2D eigenvalue weighted by atomic mass is 9.97. The number of amides is 1. The van der Waals surface area contributed by atoms with E-state index >= 15 is 0 Å². The normalized spacial score (nSPS) is 18.4. The molecule has 4 heterocycles. The summed E-state index contributed by atoms with van der Waals surface area (Å²) in [5, 5.41) is 5.60. The van der Waals surface area contributed by atoms with Crippen LogP contribution >= 0.6 is 11.5 Å². The minimum atomic E-state index is -0.0286. The average molecular weight is 378 g/mol. The van der Waals surface area contributed by atoms with Crippen molar-refractivity contribution in [3.63, 3.8) is 0 Å². The Morgan fingerprint density at radius 1 is 1.26 bits per heavy atom. The van der Waals surface area contributed by atoms with Crippen LogP contribution in [-0.2, 0) is 6.42 Å². The van der Waals surface area contributed by atoms with E-state index < -0.39 is 0 Å². The molecule has 1 fully saturated rings. The van der Waals surface area contributed by atoms with Crippen molar-refractivity contribution < 1.29 is 9.53 Å². The molecule has 136 valence electrons. The maximum absolute atomic E-state index is 12.5. The monoisotopic (exact) mass is 378 g/mol. The highest BCUT2D eigenvalue weighted by atomic mass is 32.1. The molecule has 0 spiro atoms. The Kier molecular flexibility index (Phi) is 4.09. The lowest BCUT2D eigenvalue weighted by Gasteiger charge is -2.15. The molecule has 2 aliphatic rings. The minimum absolute atomic E-state index is 0.0286. The second kappa shape index (κ2) is 6.74. The van der Waals surface area contributed by atoms with Crippen molar-refractivity contribution in [2.45, 2.75) is 18.8 Å². The third-order valence-electron chi connectivity index (χ3n) is 5.30. The molecule has 3 aromatic rings. The molecule has 7 heteroatoms. The fraction of sp³-hybridized carbons (Fsp3) is 0.300. The van der Waals surface area contributed by atoms with Crippen LogP contribution in [0.1, 0.15) is 34.0 Å². The second-order valence-electron chi connectivity index (χ2n) is 6.92. The number of ether oxygens (including phenoxy) is 1. The van der Waals surface area contributed by atoms with Gasteiger partial charge in [-0.2, -0.15) is 0 Å². The third kappa shape index (κ3) is 3.08. The number of benzene rings is 1. The molecule has 0 bridgehead atoms. The van der Waals surface area contributed by atoms with Gasteiger partial charge in [-0.3, -0.25) is 9.78 Å². The van der Waals surface area contributed by atoms with E-state index in [1.165, 1.54) is 22.7 Å². The second-order valence-corrected chi connectivity index (χ2v) is 7.53. The van der Waals surface area contributed by atoms with Crippen LogP contribution in [-0.4, -0.2) is 45.1 Å². The van der Waals surface area contributed by atoms with Gasteiger partial charge < -0.3 is 9.64 Å². The van der Waals surface area contributed by atoms with Gasteiger partial charge in [-0.25, -0.2) is 0 Å². The molecule has 0 unspecified atom stereocenters. The van der Waals surface area contributed by atoms with Gasteiger partial charge in [0.1, 0.15) is 5.75 Å². The Hall–Kier alpha value is -2.80. The number of hydrogen-bond acceptors (Lipinski definition) is 6. The van der Waals surface area contributed by atoms with E-state index in [1.807, 2.05) is 17.2 Å². The van der Waals surface area contributed by atoms with Crippen LogP contribution in [0.5, 0.6) is 5.75 Å². The number of rotatable bonds is 3. The Morgan fingerprint density at radius 2 is 2.22 bits per heavy atom. The van der Waals surface area contributed by atoms with Crippen molar-refractivity contribution in [1.29, 1.82) is 0 Å². The summed E-state index contributed by atoms with van der Waals surface area (Å²) in [5.41, 5.74) is 4.99. The maximum Gasteiger partial charge on any atom is 0.275 e. The van der Waals surface area contributed by atoms with Crippen molar-refractivity contribution >= 4 is 17.4 Å². The summed E-state index contributed by atoms with van der Waals surface area (Å²) in [5.74, 6) is 1.27. The van der Waals surface area contributed by atoms with Crippen LogP contribution < -0.4 is 4.74 Å². The molecule has 1 atom stereocenters. The van der Waals surface area contributed by atoms with E-state index in [9.17, 15) is 4.79 Å². The van der Waals surface area contributed by atoms with Gasteiger partial charge in [0.25, 0.3) is 5.91 Å². The van der Waals surface area contributed by atoms with Crippen LogP contribution in [0.25, 0.3) is 11.3 Å². The predicted molar refractivity (Wildman–Crippen MR) is 102 cm³/mol. The number of carbonyl (C=O) groups excluding carboxylic acids is 1. The topological polar surface area (TPSA) is 68.2 Å². The van der Waals surface area contributed by atoms with Gasteiger partial charge in [0, 0.05) is 42.6 Å². The van der Waals surface area contributed by atoms with Gasteiger partial charge in [-0.05, 0) is 59.4 Å². The summed E-state index contributed by atoms with van der Waals surface area (Å²) in [6.45, 7) is 2.21. The molecule has 1 saturated heterocycles. The summed E-state index contributed by atoms with van der Waals surface area (Å²) in [4.78, 5) is 18.9. The third-order valence-corrected chi connectivity index (χ3v) is 5.80. The first-order valence-electron chi connectivity index (χ1n) is 9.06. The standard InChI is InChI=1S/C20H18N4O2S/c25-20(18-12-27-23-22-18)24-7-4-16(11-24)13-3-6-21-17(10-13)14-1-2-19-15(9-14)5-8-26-19/h1-3,6,9-10,12,16H,4-5,7-8,11H2/t16-/m0/s1. The fourth-order valence-electron chi connectivity index (χ4n) is 3.84. The van der Waals surface area contributed by atoms with Gasteiger partial charge in [0.2, 0.25) is 0 Å². The number of likely N-dealkylation sites (tertiary alicyclic amines) is 1. The lowest BCUT2D eigenvalue weighted by Crippen LogP contribution is -2.28. The lowest BCUT2D eigenvalue weighted by molar-refractivity contribution is 0.0785. The number of fused-ring (bicyclic) bond motifs is 1. The molecule has 1 aromatic carbocycles. The molecule has 2 aromatic heterocycles. The van der Waals surface area contributed by atoms with E-state index in [2.05, 4.69) is 38.8 Å². The van der Waals surface area contributed by atoms with Crippen molar-refractivity contribution in [2.75, 3.05) is 19.7 Å². The van der Waals surface area contributed by atoms with Crippen molar-refractivity contribution in [1.82, 2.24) is 19.5 Å². The zero-order valence-corrected chi connectivity index (χ0v) is 15.5. The Labute approximate surface area is 161 Å². The van der Waals surface area contributed by atoms with E-state index in [4.69, 9.17) is 4.74 Å². The molecule has 1 amide bonds. The number of pyridine rings is 1. The van der Waals surface area contributed by atoms with Crippen molar-refractivity contribution in [3.05, 3.63) is 58.7 Å². The molecule has 6 nitrogen and oxygen atoms in total. The van der Waals surface area contributed by atoms with Gasteiger partial charge in [-0.15, -0.1) is 5.10 Å². The first kappa shape index (κ1) is 16.4. The highest BCUT2D eigenvalue weighted by Crippen LogP contribution is 2.33. The van der Waals surface area contributed by atoms with E-state index in [-0.39, 0.29) is 5.91 Å². The molecule has 0 N–H and O–H groups in total. The summed E-state index contributed by atoms with van der Waals surface area (Å²) in [6.07, 6.45) is 3.77. The number of hydrogen-bond donors (Lipinski definition) is 0. The van der Waals surface area contributed by atoms with Crippen LogP contribution in [0.3, 0.4) is 0 Å². The molecular formula is C20H18N4O2S. The zero-order chi connectivity index (χ0) is 18.2. The highest BCUT2D eigenvalue weighted by molar-refractivity contribution is 7.03. The molecular weight excluding hydrogens is 360 g/mol. The average Bonchev–Trinajstić information content (AvgIpc) is 3.48. The van der Waals surface area contributed by atoms with Crippen LogP contribution in [0.4, 0.5) is 0 Å².